The lowest BCUT2D eigenvalue weighted by molar-refractivity contribution is 0.143. The summed E-state index contributed by atoms with van der Waals surface area (Å²) < 4.78 is 10.1. The van der Waals surface area contributed by atoms with Crippen LogP contribution >= 0.6 is 12.2 Å². The summed E-state index contributed by atoms with van der Waals surface area (Å²) in [5, 5.41) is 0. The Labute approximate surface area is 104 Å². The maximum atomic E-state index is 5.50. The van der Waals surface area contributed by atoms with E-state index < -0.39 is 0 Å². The largest absolute Gasteiger partial charge is 0.393 e. The molecule has 4 nitrogen and oxygen atoms in total. The van der Waals surface area contributed by atoms with Crippen LogP contribution in [0.5, 0.6) is 0 Å². The van der Waals surface area contributed by atoms with E-state index in [1.54, 1.807) is 14.2 Å². The van der Waals surface area contributed by atoms with E-state index in [1.807, 2.05) is 0 Å². The van der Waals surface area contributed by atoms with Crippen LogP contribution in [0.2, 0.25) is 0 Å². The molecule has 16 heavy (non-hydrogen) atoms. The highest BCUT2D eigenvalue weighted by Crippen LogP contribution is 1.98. The number of ether oxygens (including phenoxy) is 2. The van der Waals surface area contributed by atoms with Crippen LogP contribution in [-0.2, 0) is 9.47 Å². The molecular weight excluding hydrogens is 224 g/mol. The van der Waals surface area contributed by atoms with E-state index in [4.69, 9.17) is 27.4 Å². The fourth-order valence-corrected chi connectivity index (χ4v) is 1.50. The topological polar surface area (TPSA) is 47.7 Å². The molecule has 2 N–H and O–H groups in total. The Kier molecular flexibility index (Phi) is 11.1. The Morgan fingerprint density at radius 3 is 2.31 bits per heavy atom. The molecule has 0 saturated carbocycles. The number of nitrogens with two attached hydrogens (primary N) is 1. The second kappa shape index (κ2) is 11.3. The molecule has 0 atom stereocenters. The van der Waals surface area contributed by atoms with Gasteiger partial charge in [-0.25, -0.2) is 0 Å². The molecule has 0 saturated heterocycles. The summed E-state index contributed by atoms with van der Waals surface area (Å²) in [6, 6.07) is 0. The molecule has 0 heterocycles. The van der Waals surface area contributed by atoms with Crippen molar-refractivity contribution < 1.29 is 9.47 Å². The third kappa shape index (κ3) is 10.3. The minimum absolute atomic E-state index is 0.583. The summed E-state index contributed by atoms with van der Waals surface area (Å²) in [5.74, 6) is 0. The van der Waals surface area contributed by atoms with E-state index >= 15 is 0 Å². The Morgan fingerprint density at radius 1 is 1.06 bits per heavy atom. The predicted molar refractivity (Wildman–Crippen MR) is 70.8 cm³/mol. The van der Waals surface area contributed by atoms with Gasteiger partial charge in [0.2, 0.25) is 0 Å². The van der Waals surface area contributed by atoms with Crippen molar-refractivity contribution in [2.45, 2.75) is 19.3 Å². The highest BCUT2D eigenvalue weighted by molar-refractivity contribution is 7.80. The number of nitrogens with zero attached hydrogens (tertiary/aromatic N) is 1. The zero-order valence-electron chi connectivity index (χ0n) is 10.4. The monoisotopic (exact) mass is 248 g/mol. The van der Waals surface area contributed by atoms with Crippen molar-refractivity contribution in [2.75, 3.05) is 47.1 Å². The third-order valence-corrected chi connectivity index (χ3v) is 2.56. The minimum Gasteiger partial charge on any atom is -0.393 e. The molecular formula is C11H24N2O2S. The number of hydrogen-bond acceptors (Lipinski definition) is 4. The van der Waals surface area contributed by atoms with Crippen molar-refractivity contribution >= 4 is 17.2 Å². The highest BCUT2D eigenvalue weighted by atomic mass is 32.1. The first-order valence-corrected chi connectivity index (χ1v) is 6.10. The summed E-state index contributed by atoms with van der Waals surface area (Å²) in [7, 11) is 3.45. The van der Waals surface area contributed by atoms with Gasteiger partial charge in [0.25, 0.3) is 0 Å². The van der Waals surface area contributed by atoms with E-state index in [-0.39, 0.29) is 0 Å². The summed E-state index contributed by atoms with van der Waals surface area (Å²) in [6.45, 7) is 4.49. The van der Waals surface area contributed by atoms with Gasteiger partial charge in [0.05, 0.1) is 11.6 Å². The van der Waals surface area contributed by atoms with Gasteiger partial charge in [0, 0.05) is 40.3 Å². The van der Waals surface area contributed by atoms with E-state index in [2.05, 4.69) is 4.90 Å². The van der Waals surface area contributed by atoms with Crippen molar-refractivity contribution in [1.29, 1.82) is 0 Å². The first kappa shape index (κ1) is 15.8. The molecule has 0 amide bonds. The molecule has 0 unspecified atom stereocenters. The van der Waals surface area contributed by atoms with Gasteiger partial charge in [-0.1, -0.05) is 12.2 Å². The van der Waals surface area contributed by atoms with E-state index in [0.717, 1.165) is 52.1 Å². The first-order valence-electron chi connectivity index (χ1n) is 5.69. The minimum atomic E-state index is 0.583. The maximum Gasteiger partial charge on any atom is 0.0740 e. The van der Waals surface area contributed by atoms with Crippen molar-refractivity contribution in [3.05, 3.63) is 0 Å². The molecule has 0 aliphatic rings. The summed E-state index contributed by atoms with van der Waals surface area (Å²) in [5.41, 5.74) is 5.50. The zero-order valence-corrected chi connectivity index (χ0v) is 11.2. The molecule has 5 heteroatoms. The number of rotatable bonds is 11. The first-order chi connectivity index (χ1) is 7.70. The van der Waals surface area contributed by atoms with Crippen LogP contribution in [0.15, 0.2) is 0 Å². The highest BCUT2D eigenvalue weighted by Gasteiger charge is 2.04. The van der Waals surface area contributed by atoms with Gasteiger partial charge in [-0.15, -0.1) is 0 Å². The molecule has 0 rings (SSSR count). The lowest BCUT2D eigenvalue weighted by Crippen LogP contribution is -2.31. The van der Waals surface area contributed by atoms with Crippen molar-refractivity contribution in [3.8, 4) is 0 Å². The Bertz CT molecular complexity index is 179. The van der Waals surface area contributed by atoms with E-state index in [0.29, 0.717) is 4.99 Å². The lowest BCUT2D eigenvalue weighted by Gasteiger charge is -2.21. The Hall–Kier alpha value is -0.230. The molecule has 0 fully saturated rings. The van der Waals surface area contributed by atoms with Crippen LogP contribution in [0.1, 0.15) is 19.3 Å². The van der Waals surface area contributed by atoms with Crippen LogP contribution in [0, 0.1) is 0 Å². The summed E-state index contributed by atoms with van der Waals surface area (Å²) in [4.78, 5) is 2.91. The fraction of sp³-hybridized carbons (Fsp3) is 0.909. The van der Waals surface area contributed by atoms with Crippen LogP contribution in [-0.4, -0.2) is 57.0 Å². The quantitative estimate of drug-likeness (QED) is 0.437. The molecule has 0 radical (unpaired) electrons. The number of hydrogen-bond donors (Lipinski definition) is 1. The number of methoxy groups -OCH3 is 2. The number of thiocarbonyl (C=S) groups is 1. The average Bonchev–Trinajstić information content (AvgIpc) is 2.26. The van der Waals surface area contributed by atoms with Crippen molar-refractivity contribution in [1.82, 2.24) is 4.90 Å². The second-order valence-electron chi connectivity index (χ2n) is 3.75. The normalized spacial score (nSPS) is 10.9. The molecule has 0 aliphatic heterocycles. The number of unbranched alkanes of at least 4 members (excludes halogenated alkanes) is 1. The fourth-order valence-electron chi connectivity index (χ4n) is 1.41. The van der Waals surface area contributed by atoms with Crippen molar-refractivity contribution in [2.24, 2.45) is 5.73 Å². The van der Waals surface area contributed by atoms with E-state index in [9.17, 15) is 0 Å². The second-order valence-corrected chi connectivity index (χ2v) is 4.28. The van der Waals surface area contributed by atoms with Gasteiger partial charge in [-0.2, -0.15) is 0 Å². The average molecular weight is 248 g/mol. The zero-order chi connectivity index (χ0) is 12.2. The smallest absolute Gasteiger partial charge is 0.0740 e. The molecule has 0 bridgehead atoms. The summed E-state index contributed by atoms with van der Waals surface area (Å²) >= 11 is 4.88. The van der Waals surface area contributed by atoms with Crippen LogP contribution < -0.4 is 5.73 Å². The van der Waals surface area contributed by atoms with Gasteiger partial charge in [-0.05, 0) is 19.4 Å². The molecule has 96 valence electrons. The van der Waals surface area contributed by atoms with Gasteiger partial charge < -0.3 is 20.1 Å². The van der Waals surface area contributed by atoms with Crippen LogP contribution in [0.25, 0.3) is 0 Å². The molecule has 0 spiro atoms. The predicted octanol–water partition coefficient (Wildman–Crippen LogP) is 1.04. The van der Waals surface area contributed by atoms with Crippen LogP contribution in [0.4, 0.5) is 0 Å². The van der Waals surface area contributed by atoms with Gasteiger partial charge >= 0.3 is 0 Å². The molecule has 0 aliphatic carbocycles. The standard InChI is InChI=1S/C11H24N2O2S/c1-14-9-4-3-6-13(8-10-15-2)7-5-11(12)16/h3-10H2,1-2H3,(H2,12,16). The van der Waals surface area contributed by atoms with Gasteiger partial charge in [0.15, 0.2) is 0 Å². The van der Waals surface area contributed by atoms with Gasteiger partial charge in [0.1, 0.15) is 0 Å². The molecule has 0 aromatic carbocycles. The Morgan fingerprint density at radius 2 is 1.75 bits per heavy atom. The van der Waals surface area contributed by atoms with Gasteiger partial charge in [-0.3, -0.25) is 0 Å². The molecule has 0 aromatic rings. The third-order valence-electron chi connectivity index (χ3n) is 2.36. The molecule has 0 aromatic heterocycles. The lowest BCUT2D eigenvalue weighted by atomic mass is 10.3. The van der Waals surface area contributed by atoms with E-state index in [1.165, 1.54) is 0 Å². The SMILES string of the molecule is COCCCCN(CCOC)CCC(N)=S. The van der Waals surface area contributed by atoms with Crippen molar-refractivity contribution in [3.63, 3.8) is 0 Å². The van der Waals surface area contributed by atoms with Crippen LogP contribution in [0.3, 0.4) is 0 Å². The Balaban J connectivity index is 3.66. The maximum absolute atomic E-state index is 5.50. The summed E-state index contributed by atoms with van der Waals surface area (Å²) in [6.07, 6.45) is 3.01.